The molecule has 2 N–H and O–H groups in total. The molecule has 0 bridgehead atoms. The van der Waals surface area contributed by atoms with Gasteiger partial charge in [0.05, 0.1) is 5.56 Å². The number of hydrogen-bond acceptors (Lipinski definition) is 5. The molecule has 13 heavy (non-hydrogen) atoms. The highest BCUT2D eigenvalue weighted by Gasteiger charge is 2.06. The monoisotopic (exact) mass is 199 g/mol. The van der Waals surface area contributed by atoms with Crippen LogP contribution in [0, 0.1) is 12.3 Å². The Morgan fingerprint density at radius 2 is 2.00 bits per heavy atom. The van der Waals surface area contributed by atoms with E-state index in [1.54, 1.807) is 0 Å². The molecule has 0 aliphatic rings. The number of aromatic nitrogens is 2. The summed E-state index contributed by atoms with van der Waals surface area (Å²) in [5.41, 5.74) is 0.418. The minimum atomic E-state index is -4.07. The second-order valence-corrected chi connectivity index (χ2v) is 3.13. The Kier molecular flexibility index (Phi) is 2.46. The van der Waals surface area contributed by atoms with E-state index in [9.17, 15) is 8.42 Å². The Bertz CT molecular complexity index is 431. The smallest absolute Gasteiger partial charge is 0.331 e. The highest BCUT2D eigenvalue weighted by molar-refractivity contribution is 7.84. The molecule has 0 aliphatic carbocycles. The van der Waals surface area contributed by atoms with Crippen LogP contribution < -0.4 is 9.32 Å². The van der Waals surface area contributed by atoms with E-state index in [0.29, 0.717) is 5.56 Å². The predicted octanol–water partition coefficient (Wildman–Crippen LogP) is -0.960. The summed E-state index contributed by atoms with van der Waals surface area (Å²) in [6.07, 6.45) is 7.50. The number of rotatable bonds is 2. The lowest BCUT2D eigenvalue weighted by atomic mass is 10.4. The van der Waals surface area contributed by atoms with Gasteiger partial charge in [-0.1, -0.05) is 5.92 Å². The molecular formula is C6H5N3O3S. The van der Waals surface area contributed by atoms with E-state index in [2.05, 4.69) is 25.2 Å². The molecule has 0 unspecified atom stereocenters. The van der Waals surface area contributed by atoms with Crippen molar-refractivity contribution in [3.8, 4) is 18.4 Å². The number of nitrogens with two attached hydrogens (primary N) is 1. The normalized spacial score (nSPS) is 10.5. The summed E-state index contributed by atoms with van der Waals surface area (Å²) in [5, 5.41) is 4.57. The highest BCUT2D eigenvalue weighted by atomic mass is 32.2. The van der Waals surface area contributed by atoms with Crippen LogP contribution in [-0.4, -0.2) is 18.4 Å². The second-order valence-electron chi connectivity index (χ2n) is 1.97. The summed E-state index contributed by atoms with van der Waals surface area (Å²) >= 11 is 0. The summed E-state index contributed by atoms with van der Waals surface area (Å²) in [6, 6.07) is -0.360. The highest BCUT2D eigenvalue weighted by Crippen LogP contribution is 2.02. The first-order valence-corrected chi connectivity index (χ1v) is 4.49. The molecule has 68 valence electrons. The van der Waals surface area contributed by atoms with Crippen molar-refractivity contribution in [1.29, 1.82) is 0 Å². The predicted molar refractivity (Wildman–Crippen MR) is 43.7 cm³/mol. The zero-order valence-corrected chi connectivity index (χ0v) is 7.15. The summed E-state index contributed by atoms with van der Waals surface area (Å²) in [6.45, 7) is 0. The van der Waals surface area contributed by atoms with Crippen LogP contribution in [0.5, 0.6) is 6.01 Å². The van der Waals surface area contributed by atoms with Gasteiger partial charge in [-0.25, -0.2) is 9.97 Å². The molecule has 0 spiro atoms. The van der Waals surface area contributed by atoms with Gasteiger partial charge in [0.25, 0.3) is 0 Å². The molecule has 0 fully saturated rings. The van der Waals surface area contributed by atoms with Crippen molar-refractivity contribution in [3.63, 3.8) is 0 Å². The van der Waals surface area contributed by atoms with Crippen molar-refractivity contribution < 1.29 is 12.6 Å². The van der Waals surface area contributed by atoms with Crippen molar-refractivity contribution >= 4 is 10.3 Å². The molecule has 1 aromatic rings. The molecule has 6 nitrogen and oxygen atoms in total. The van der Waals surface area contributed by atoms with E-state index in [0.717, 1.165) is 0 Å². The van der Waals surface area contributed by atoms with Crippen LogP contribution in [0.2, 0.25) is 0 Å². The Morgan fingerprint density at radius 1 is 1.46 bits per heavy atom. The third kappa shape index (κ3) is 3.06. The maximum atomic E-state index is 10.4. The van der Waals surface area contributed by atoms with Crippen molar-refractivity contribution in [2.45, 2.75) is 0 Å². The summed E-state index contributed by atoms with van der Waals surface area (Å²) in [4.78, 5) is 7.00. The van der Waals surface area contributed by atoms with Crippen LogP contribution in [0.25, 0.3) is 0 Å². The quantitative estimate of drug-likeness (QED) is 0.619. The molecule has 7 heteroatoms. The second kappa shape index (κ2) is 3.38. The lowest BCUT2D eigenvalue weighted by molar-refractivity contribution is 0.465. The Morgan fingerprint density at radius 3 is 2.38 bits per heavy atom. The van der Waals surface area contributed by atoms with Crippen LogP contribution in [0.15, 0.2) is 12.4 Å². The van der Waals surface area contributed by atoms with E-state index < -0.39 is 10.3 Å². The molecule has 0 amide bonds. The van der Waals surface area contributed by atoms with Crippen LogP contribution in [-0.2, 0) is 10.3 Å². The standard InChI is InChI=1S/C6H5N3O3S/c1-2-5-3-8-6(9-4-5)12-13(7,10)11/h1,3-4H,(H2,7,10,11). The van der Waals surface area contributed by atoms with Crippen molar-refractivity contribution in [2.75, 3.05) is 0 Å². The van der Waals surface area contributed by atoms with Crippen LogP contribution in [0.3, 0.4) is 0 Å². The number of nitrogens with zero attached hydrogens (tertiary/aromatic N) is 2. The van der Waals surface area contributed by atoms with Gasteiger partial charge >= 0.3 is 16.3 Å². The van der Waals surface area contributed by atoms with E-state index >= 15 is 0 Å². The number of hydrogen-bond donors (Lipinski definition) is 1. The Hall–Kier alpha value is -1.65. The lowest BCUT2D eigenvalue weighted by Gasteiger charge is -1.98. The first-order valence-electron chi connectivity index (χ1n) is 3.02. The van der Waals surface area contributed by atoms with Gasteiger partial charge in [-0.2, -0.15) is 13.6 Å². The van der Waals surface area contributed by atoms with Gasteiger partial charge in [0, 0.05) is 12.4 Å². The fourth-order valence-corrected chi connectivity index (χ4v) is 0.832. The van der Waals surface area contributed by atoms with E-state index in [4.69, 9.17) is 6.42 Å². The molecule has 1 heterocycles. The molecule has 0 atom stereocenters. The Labute approximate surface area is 75.0 Å². The summed E-state index contributed by atoms with van der Waals surface area (Å²) < 4.78 is 24.9. The van der Waals surface area contributed by atoms with Gasteiger partial charge in [0.2, 0.25) is 0 Å². The number of terminal acetylenes is 1. The minimum Gasteiger partial charge on any atom is -0.331 e. The SMILES string of the molecule is C#Cc1cnc(OS(N)(=O)=O)nc1. The van der Waals surface area contributed by atoms with Crippen molar-refractivity contribution in [3.05, 3.63) is 18.0 Å². The van der Waals surface area contributed by atoms with Gasteiger partial charge in [-0.3, -0.25) is 0 Å². The zero-order valence-electron chi connectivity index (χ0n) is 6.34. The average molecular weight is 199 g/mol. The zero-order chi connectivity index (χ0) is 9.90. The molecule has 0 saturated carbocycles. The van der Waals surface area contributed by atoms with Crippen molar-refractivity contribution in [1.82, 2.24) is 9.97 Å². The molecule has 0 aliphatic heterocycles. The Balaban J connectivity index is 2.89. The molecule has 0 radical (unpaired) electrons. The average Bonchev–Trinajstić information content (AvgIpc) is 2.03. The summed E-state index contributed by atoms with van der Waals surface area (Å²) in [5.74, 6) is 2.26. The van der Waals surface area contributed by atoms with Crippen LogP contribution >= 0.6 is 0 Å². The first kappa shape index (κ1) is 9.44. The van der Waals surface area contributed by atoms with Crippen molar-refractivity contribution in [2.24, 2.45) is 5.14 Å². The van der Waals surface area contributed by atoms with E-state index in [1.807, 2.05) is 0 Å². The first-order chi connectivity index (χ1) is 6.01. The van der Waals surface area contributed by atoms with Crippen LogP contribution in [0.4, 0.5) is 0 Å². The molecular weight excluding hydrogens is 194 g/mol. The molecule has 0 saturated heterocycles. The fraction of sp³-hybridized carbons (Fsp3) is 0. The van der Waals surface area contributed by atoms with Gasteiger partial charge in [0.1, 0.15) is 0 Å². The topological polar surface area (TPSA) is 95.2 Å². The maximum absolute atomic E-state index is 10.4. The van der Waals surface area contributed by atoms with Gasteiger partial charge < -0.3 is 4.18 Å². The third-order valence-corrected chi connectivity index (χ3v) is 1.37. The summed E-state index contributed by atoms with van der Waals surface area (Å²) in [7, 11) is -4.07. The van der Waals surface area contributed by atoms with Crippen LogP contribution in [0.1, 0.15) is 5.56 Å². The van der Waals surface area contributed by atoms with E-state index in [1.165, 1.54) is 12.4 Å². The molecule has 1 rings (SSSR count). The molecule has 0 aromatic carbocycles. The van der Waals surface area contributed by atoms with Gasteiger partial charge in [0.15, 0.2) is 0 Å². The minimum absolute atomic E-state index is 0.360. The van der Waals surface area contributed by atoms with E-state index in [-0.39, 0.29) is 6.01 Å². The fourth-order valence-electron chi connectivity index (χ4n) is 0.538. The lowest BCUT2D eigenvalue weighted by Crippen LogP contribution is -2.20. The molecule has 1 aromatic heterocycles. The maximum Gasteiger partial charge on any atom is 0.382 e. The largest absolute Gasteiger partial charge is 0.382 e. The van der Waals surface area contributed by atoms with Gasteiger partial charge in [-0.05, 0) is 0 Å². The third-order valence-electron chi connectivity index (χ3n) is 0.986. The van der Waals surface area contributed by atoms with Gasteiger partial charge in [-0.15, -0.1) is 6.42 Å².